The van der Waals surface area contributed by atoms with Crippen molar-refractivity contribution < 1.29 is 29.6 Å². The molecule has 4 N–H and O–H groups in total. The van der Waals surface area contributed by atoms with Gasteiger partial charge in [0.15, 0.2) is 0 Å². The van der Waals surface area contributed by atoms with Crippen LogP contribution in [0, 0.1) is 6.92 Å². The molecule has 5 rings (SSSR count). The van der Waals surface area contributed by atoms with Crippen molar-refractivity contribution in [1.29, 1.82) is 0 Å². The second-order valence-electron chi connectivity index (χ2n) is 9.47. The summed E-state index contributed by atoms with van der Waals surface area (Å²) in [5, 5.41) is 27.9. The molecule has 1 fully saturated rings. The Bertz CT molecular complexity index is 1370. The molecule has 0 spiro atoms. The van der Waals surface area contributed by atoms with Gasteiger partial charge in [-0.15, -0.1) is 11.3 Å². The number of carbonyl (C=O) groups is 2. The minimum absolute atomic E-state index is 0.312. The van der Waals surface area contributed by atoms with E-state index in [0.717, 1.165) is 36.0 Å². The number of benzene rings is 2. The smallest absolute Gasteiger partial charge is 0.414 e. The van der Waals surface area contributed by atoms with Crippen LogP contribution in [0.15, 0.2) is 54.7 Å². The maximum Gasteiger partial charge on any atom is 0.414 e. The standard InChI is InChI=1S/C26H30N2O2S.C2H2O4/c1-17-5-3-8-25-22(17)14-26(31-25)19-10-12-28(18(2)13-19)15-20(29)16-30-24-7-4-6-23-21(24)9-11-27-23;3-1(4)2(5)6/h3-9,11,14,18-20,27,29H,10,12-13,15-16H2,1-2H3;(H,3,4)(H,5,6)/t18-,19+,20-;/m0./s1. The van der Waals surface area contributed by atoms with Crippen LogP contribution < -0.4 is 4.74 Å². The van der Waals surface area contributed by atoms with Gasteiger partial charge in [-0.1, -0.05) is 18.2 Å². The monoisotopic (exact) mass is 524 g/mol. The highest BCUT2D eigenvalue weighted by Gasteiger charge is 2.29. The van der Waals surface area contributed by atoms with Gasteiger partial charge in [-0.05, 0) is 80.4 Å². The van der Waals surface area contributed by atoms with E-state index in [1.165, 1.54) is 20.5 Å². The Morgan fingerprint density at radius 1 is 1.14 bits per heavy atom. The van der Waals surface area contributed by atoms with Gasteiger partial charge < -0.3 is 25.0 Å². The molecule has 1 aliphatic rings. The van der Waals surface area contributed by atoms with E-state index in [1.54, 1.807) is 0 Å². The van der Waals surface area contributed by atoms with Crippen LogP contribution >= 0.6 is 11.3 Å². The number of ether oxygens (including phenoxy) is 1. The Balaban J connectivity index is 0.000000480. The van der Waals surface area contributed by atoms with Crippen molar-refractivity contribution in [2.75, 3.05) is 19.7 Å². The van der Waals surface area contributed by atoms with Gasteiger partial charge in [-0.25, -0.2) is 9.59 Å². The van der Waals surface area contributed by atoms with E-state index in [0.29, 0.717) is 25.1 Å². The molecule has 0 bridgehead atoms. The molecule has 2 aromatic carbocycles. The number of aryl methyl sites for hydroxylation is 1. The van der Waals surface area contributed by atoms with Crippen molar-refractivity contribution in [2.45, 2.75) is 44.8 Å². The fraction of sp³-hybridized carbons (Fsp3) is 0.357. The minimum atomic E-state index is -1.82. The molecule has 0 unspecified atom stereocenters. The van der Waals surface area contributed by atoms with Crippen molar-refractivity contribution in [2.24, 2.45) is 0 Å². The molecule has 37 heavy (non-hydrogen) atoms. The fourth-order valence-corrected chi connectivity index (χ4v) is 6.16. The third kappa shape index (κ3) is 6.49. The minimum Gasteiger partial charge on any atom is -0.490 e. The molecule has 1 aliphatic heterocycles. The summed E-state index contributed by atoms with van der Waals surface area (Å²) in [5.74, 6) is -2.21. The van der Waals surface area contributed by atoms with E-state index in [4.69, 9.17) is 24.5 Å². The largest absolute Gasteiger partial charge is 0.490 e. The fourth-order valence-electron chi connectivity index (χ4n) is 4.87. The number of carboxylic acid groups (broad SMARTS) is 2. The number of carboxylic acids is 2. The maximum atomic E-state index is 10.6. The van der Waals surface area contributed by atoms with Crippen molar-refractivity contribution in [3.8, 4) is 5.75 Å². The summed E-state index contributed by atoms with van der Waals surface area (Å²) in [6.45, 7) is 6.47. The Labute approximate surface area is 219 Å². The van der Waals surface area contributed by atoms with Crippen LogP contribution in [-0.2, 0) is 9.59 Å². The van der Waals surface area contributed by atoms with Crippen LogP contribution in [0.1, 0.15) is 36.1 Å². The molecule has 0 amide bonds. The predicted octanol–water partition coefficient (Wildman–Crippen LogP) is 4.85. The zero-order valence-corrected chi connectivity index (χ0v) is 21.7. The summed E-state index contributed by atoms with van der Waals surface area (Å²) in [6, 6.07) is 17.4. The number of β-amino-alcohol motifs (C(OH)–C–C–N with tert-alkyl or cyclic N) is 1. The van der Waals surface area contributed by atoms with Gasteiger partial charge in [-0.2, -0.15) is 0 Å². The average Bonchev–Trinajstić information content (AvgIpc) is 3.52. The van der Waals surface area contributed by atoms with Gasteiger partial charge in [0.05, 0.1) is 0 Å². The quantitative estimate of drug-likeness (QED) is 0.266. The number of aliphatic carboxylic acids is 2. The average molecular weight is 525 g/mol. The molecule has 3 heterocycles. The van der Waals surface area contributed by atoms with Crippen LogP contribution in [0.3, 0.4) is 0 Å². The van der Waals surface area contributed by atoms with Crippen molar-refractivity contribution in [3.05, 3.63) is 65.2 Å². The Morgan fingerprint density at radius 3 is 2.59 bits per heavy atom. The molecule has 0 aliphatic carbocycles. The third-order valence-corrected chi connectivity index (χ3v) is 8.09. The first-order valence-corrected chi connectivity index (χ1v) is 13.1. The van der Waals surface area contributed by atoms with E-state index < -0.39 is 18.0 Å². The molecule has 2 aromatic heterocycles. The number of aromatic nitrogens is 1. The lowest BCUT2D eigenvalue weighted by Gasteiger charge is -2.38. The van der Waals surface area contributed by atoms with Gasteiger partial charge in [0.2, 0.25) is 0 Å². The lowest BCUT2D eigenvalue weighted by atomic mass is 9.90. The number of hydrogen-bond acceptors (Lipinski definition) is 6. The Hall–Kier alpha value is -3.40. The number of fused-ring (bicyclic) bond motifs is 2. The normalized spacial score (nSPS) is 18.8. The number of hydrogen-bond donors (Lipinski definition) is 4. The molecular weight excluding hydrogens is 492 g/mol. The van der Waals surface area contributed by atoms with E-state index in [9.17, 15) is 5.11 Å². The number of rotatable bonds is 6. The first-order chi connectivity index (χ1) is 17.7. The summed E-state index contributed by atoms with van der Waals surface area (Å²) in [5.41, 5.74) is 2.42. The summed E-state index contributed by atoms with van der Waals surface area (Å²) in [7, 11) is 0. The first-order valence-electron chi connectivity index (χ1n) is 12.3. The molecule has 4 aromatic rings. The molecule has 8 nitrogen and oxygen atoms in total. The van der Waals surface area contributed by atoms with Gasteiger partial charge in [-0.3, -0.25) is 4.90 Å². The number of aromatic amines is 1. The summed E-state index contributed by atoms with van der Waals surface area (Å²) >= 11 is 1.95. The molecule has 9 heteroatoms. The van der Waals surface area contributed by atoms with E-state index in [1.807, 2.05) is 41.8 Å². The molecule has 0 saturated carbocycles. The number of likely N-dealkylation sites (tertiary alicyclic amines) is 1. The lowest BCUT2D eigenvalue weighted by molar-refractivity contribution is -0.159. The van der Waals surface area contributed by atoms with E-state index in [-0.39, 0.29) is 0 Å². The Kier molecular flexibility index (Phi) is 8.48. The van der Waals surface area contributed by atoms with E-state index >= 15 is 0 Å². The summed E-state index contributed by atoms with van der Waals surface area (Å²) in [6.07, 6.45) is 3.70. The Morgan fingerprint density at radius 2 is 1.89 bits per heavy atom. The number of aliphatic hydroxyl groups is 1. The number of nitrogens with one attached hydrogen (secondary N) is 1. The van der Waals surface area contributed by atoms with Crippen LogP contribution in [-0.4, -0.2) is 69.0 Å². The van der Waals surface area contributed by atoms with Gasteiger partial charge in [0.25, 0.3) is 0 Å². The van der Waals surface area contributed by atoms with Crippen LogP contribution in [0.25, 0.3) is 21.0 Å². The number of aliphatic hydroxyl groups excluding tert-OH is 1. The number of nitrogens with zero attached hydrogens (tertiary/aromatic N) is 1. The maximum absolute atomic E-state index is 10.6. The molecule has 3 atom stereocenters. The van der Waals surface area contributed by atoms with Crippen molar-refractivity contribution in [3.63, 3.8) is 0 Å². The second kappa shape index (κ2) is 11.8. The zero-order valence-electron chi connectivity index (χ0n) is 20.9. The van der Waals surface area contributed by atoms with Crippen LogP contribution in [0.5, 0.6) is 5.75 Å². The highest BCUT2D eigenvalue weighted by atomic mass is 32.1. The molecule has 1 saturated heterocycles. The number of piperidine rings is 1. The van der Waals surface area contributed by atoms with E-state index in [2.05, 4.69) is 48.0 Å². The van der Waals surface area contributed by atoms with Gasteiger partial charge in [0.1, 0.15) is 18.5 Å². The molecule has 196 valence electrons. The highest BCUT2D eigenvalue weighted by molar-refractivity contribution is 7.19. The third-order valence-electron chi connectivity index (χ3n) is 6.83. The number of thiophene rings is 1. The summed E-state index contributed by atoms with van der Waals surface area (Å²) in [4.78, 5) is 25.3. The highest BCUT2D eigenvalue weighted by Crippen LogP contribution is 2.39. The van der Waals surface area contributed by atoms with Crippen molar-refractivity contribution >= 4 is 44.3 Å². The molecule has 0 radical (unpaired) electrons. The van der Waals surface area contributed by atoms with Crippen LogP contribution in [0.4, 0.5) is 0 Å². The second-order valence-corrected chi connectivity index (χ2v) is 10.6. The first kappa shape index (κ1) is 26.7. The van der Waals surface area contributed by atoms with Crippen LogP contribution in [0.2, 0.25) is 0 Å². The predicted molar refractivity (Wildman–Crippen MR) is 145 cm³/mol. The number of H-pyrrole nitrogens is 1. The lowest BCUT2D eigenvalue weighted by Crippen LogP contribution is -2.45. The van der Waals surface area contributed by atoms with Gasteiger partial charge >= 0.3 is 11.9 Å². The molecular formula is C28H32N2O6S. The SMILES string of the molecule is Cc1cccc2sc([C@@H]3CCN(C[C@H](O)COc4cccc5[nH]ccc45)[C@@H](C)C3)cc12.O=C(O)C(=O)O. The summed E-state index contributed by atoms with van der Waals surface area (Å²) < 4.78 is 7.35. The van der Waals surface area contributed by atoms with Crippen molar-refractivity contribution in [1.82, 2.24) is 9.88 Å². The topological polar surface area (TPSA) is 123 Å². The van der Waals surface area contributed by atoms with Gasteiger partial charge in [0, 0.05) is 39.3 Å². The zero-order chi connectivity index (χ0) is 26.5.